The fraction of sp³-hybridized carbons (Fsp3) is 0.292. The van der Waals surface area contributed by atoms with Gasteiger partial charge in [-0.2, -0.15) is 0 Å². The molecule has 0 radical (unpaired) electrons. The van der Waals surface area contributed by atoms with Crippen molar-refractivity contribution in [3.8, 4) is 11.1 Å². The summed E-state index contributed by atoms with van der Waals surface area (Å²) in [5, 5.41) is 2.58. The van der Waals surface area contributed by atoms with Crippen LogP contribution in [0.1, 0.15) is 86.8 Å². The fourth-order valence-electron chi connectivity index (χ4n) is 10.0. The van der Waals surface area contributed by atoms with Crippen LogP contribution < -0.4 is 4.90 Å². The highest BCUT2D eigenvalue weighted by Gasteiger charge is 2.40. The number of hydrogen-bond donors (Lipinski definition) is 0. The average molecular weight is 638 g/mol. The third-order valence-corrected chi connectivity index (χ3v) is 12.5. The molecular formula is C48H47N. The van der Waals surface area contributed by atoms with Gasteiger partial charge < -0.3 is 4.90 Å². The van der Waals surface area contributed by atoms with Crippen LogP contribution >= 0.6 is 0 Å². The van der Waals surface area contributed by atoms with Gasteiger partial charge in [-0.3, -0.25) is 0 Å². The maximum Gasteiger partial charge on any atom is 0.0462 e. The van der Waals surface area contributed by atoms with Gasteiger partial charge in [-0.05, 0) is 125 Å². The zero-order chi connectivity index (χ0) is 32.6. The Balaban J connectivity index is 1.10. The maximum absolute atomic E-state index is 2.46. The van der Waals surface area contributed by atoms with E-state index in [1.807, 2.05) is 0 Å². The maximum atomic E-state index is 2.46. The van der Waals surface area contributed by atoms with Crippen LogP contribution in [0.4, 0.5) is 17.1 Å². The molecule has 0 saturated heterocycles. The van der Waals surface area contributed by atoms with Crippen molar-refractivity contribution in [2.45, 2.75) is 75.5 Å². The van der Waals surface area contributed by atoms with Crippen molar-refractivity contribution in [2.75, 3.05) is 4.90 Å². The second-order valence-electron chi connectivity index (χ2n) is 15.2. The highest BCUT2D eigenvalue weighted by Crippen LogP contribution is 2.53. The first-order valence-electron chi connectivity index (χ1n) is 18.9. The van der Waals surface area contributed by atoms with Gasteiger partial charge >= 0.3 is 0 Å². The molecule has 3 aliphatic rings. The van der Waals surface area contributed by atoms with Crippen LogP contribution in [0.2, 0.25) is 0 Å². The van der Waals surface area contributed by atoms with Crippen molar-refractivity contribution >= 4 is 27.8 Å². The van der Waals surface area contributed by atoms with Gasteiger partial charge in [0.25, 0.3) is 0 Å². The quantitative estimate of drug-likeness (QED) is 0.157. The topological polar surface area (TPSA) is 3.24 Å². The van der Waals surface area contributed by atoms with Gasteiger partial charge in [0.2, 0.25) is 0 Å². The van der Waals surface area contributed by atoms with Gasteiger partial charge in [-0.1, -0.05) is 141 Å². The second kappa shape index (κ2) is 13.0. The molecular weight excluding hydrogens is 591 g/mol. The zero-order valence-electron chi connectivity index (χ0n) is 28.6. The summed E-state index contributed by atoms with van der Waals surface area (Å²) in [5.74, 6) is 2.59. The Morgan fingerprint density at radius 1 is 0.490 bits per heavy atom. The summed E-state index contributed by atoms with van der Waals surface area (Å²) in [4.78, 5) is 2.46. The number of benzene rings is 6. The van der Waals surface area contributed by atoms with E-state index in [0.717, 1.165) is 17.8 Å². The normalized spacial score (nSPS) is 21.4. The summed E-state index contributed by atoms with van der Waals surface area (Å²) in [6.45, 7) is 0. The van der Waals surface area contributed by atoms with Crippen molar-refractivity contribution in [3.63, 3.8) is 0 Å². The van der Waals surface area contributed by atoms with E-state index in [2.05, 4.69) is 150 Å². The molecule has 6 aromatic rings. The molecule has 3 unspecified atom stereocenters. The lowest BCUT2D eigenvalue weighted by molar-refractivity contribution is 0.420. The second-order valence-corrected chi connectivity index (χ2v) is 15.2. The highest BCUT2D eigenvalue weighted by atomic mass is 15.1. The van der Waals surface area contributed by atoms with E-state index < -0.39 is 0 Å². The minimum atomic E-state index is 0.0868. The molecule has 2 bridgehead atoms. The summed E-state index contributed by atoms with van der Waals surface area (Å²) in [6.07, 6.45) is 13.4. The molecule has 3 saturated carbocycles. The van der Waals surface area contributed by atoms with Crippen LogP contribution in [0.25, 0.3) is 21.9 Å². The molecule has 6 aromatic carbocycles. The molecule has 0 spiro atoms. The van der Waals surface area contributed by atoms with Crippen LogP contribution in [0.15, 0.2) is 146 Å². The predicted molar refractivity (Wildman–Crippen MR) is 207 cm³/mol. The van der Waals surface area contributed by atoms with E-state index in [1.165, 1.54) is 120 Å². The molecule has 3 atom stereocenters. The summed E-state index contributed by atoms with van der Waals surface area (Å²) in [6, 6.07) is 55.2. The molecule has 0 amide bonds. The first kappa shape index (κ1) is 30.4. The fourth-order valence-corrected chi connectivity index (χ4v) is 10.0. The lowest BCUT2D eigenvalue weighted by Gasteiger charge is -2.35. The first-order valence-corrected chi connectivity index (χ1v) is 18.9. The Bertz CT molecular complexity index is 2010. The lowest BCUT2D eigenvalue weighted by atomic mass is 9.69. The average Bonchev–Trinajstić information content (AvgIpc) is 3.72. The van der Waals surface area contributed by atoms with E-state index in [-0.39, 0.29) is 5.41 Å². The van der Waals surface area contributed by atoms with Gasteiger partial charge in [-0.25, -0.2) is 0 Å². The van der Waals surface area contributed by atoms with Gasteiger partial charge in [0, 0.05) is 22.5 Å². The van der Waals surface area contributed by atoms with Gasteiger partial charge in [0.05, 0.1) is 0 Å². The minimum Gasteiger partial charge on any atom is -0.311 e. The largest absolute Gasteiger partial charge is 0.311 e. The molecule has 0 N–H and O–H groups in total. The van der Waals surface area contributed by atoms with Crippen molar-refractivity contribution < 1.29 is 0 Å². The highest BCUT2D eigenvalue weighted by molar-refractivity contribution is 5.97. The number of rotatable bonds is 7. The van der Waals surface area contributed by atoms with Crippen molar-refractivity contribution in [2.24, 2.45) is 11.8 Å². The van der Waals surface area contributed by atoms with Crippen LogP contribution in [-0.2, 0) is 5.41 Å². The van der Waals surface area contributed by atoms with Gasteiger partial charge in [-0.15, -0.1) is 0 Å². The van der Waals surface area contributed by atoms with E-state index in [1.54, 1.807) is 0 Å². The molecule has 1 nitrogen and oxygen atoms in total. The standard InChI is InChI=1S/C48H47N/c1-2-9-32-48(31-8-1,40-13-4-3-5-14-40)41-23-29-44(30-24-41)49(43-27-21-38(22-28-43)47-34-35-17-18-39(47)33-35)42-25-19-37(20-26-42)46-16-10-12-36-11-6-7-15-45(36)46/h3-7,10-16,19-30,35,39,47H,1-2,8-9,17-18,31-34H2. The molecule has 244 valence electrons. The monoisotopic (exact) mass is 637 g/mol. The molecule has 3 fully saturated rings. The minimum absolute atomic E-state index is 0.0868. The van der Waals surface area contributed by atoms with Crippen LogP contribution in [0, 0.1) is 11.8 Å². The van der Waals surface area contributed by atoms with E-state index >= 15 is 0 Å². The number of fused-ring (bicyclic) bond motifs is 3. The molecule has 9 rings (SSSR count). The molecule has 1 heteroatoms. The van der Waals surface area contributed by atoms with Crippen molar-refractivity contribution in [1.29, 1.82) is 0 Å². The molecule has 49 heavy (non-hydrogen) atoms. The zero-order valence-corrected chi connectivity index (χ0v) is 28.6. The Hall–Kier alpha value is -4.62. The molecule has 0 heterocycles. The SMILES string of the molecule is c1ccc(C2(c3ccc(N(c4ccc(-c5cccc6ccccc56)cc4)c4ccc(C5CC6CCC5C6)cc4)cc3)CCCCCC2)cc1. The summed E-state index contributed by atoms with van der Waals surface area (Å²) < 4.78 is 0. The summed E-state index contributed by atoms with van der Waals surface area (Å²) in [5.41, 5.74) is 10.7. The van der Waals surface area contributed by atoms with E-state index in [0.29, 0.717) is 0 Å². The number of hydrogen-bond acceptors (Lipinski definition) is 1. The summed E-state index contributed by atoms with van der Waals surface area (Å²) in [7, 11) is 0. The molecule has 3 aliphatic carbocycles. The Morgan fingerprint density at radius 2 is 1.10 bits per heavy atom. The smallest absolute Gasteiger partial charge is 0.0462 e. The third kappa shape index (κ3) is 5.68. The Kier molecular flexibility index (Phi) is 8.08. The van der Waals surface area contributed by atoms with Crippen LogP contribution in [0.3, 0.4) is 0 Å². The first-order chi connectivity index (χ1) is 24.2. The van der Waals surface area contributed by atoms with Gasteiger partial charge in [0.1, 0.15) is 0 Å². The molecule has 0 aromatic heterocycles. The Morgan fingerprint density at radius 3 is 1.78 bits per heavy atom. The lowest BCUT2D eigenvalue weighted by Crippen LogP contribution is -2.27. The predicted octanol–water partition coefficient (Wildman–Crippen LogP) is 13.5. The van der Waals surface area contributed by atoms with E-state index in [4.69, 9.17) is 0 Å². The third-order valence-electron chi connectivity index (χ3n) is 12.5. The van der Waals surface area contributed by atoms with Crippen molar-refractivity contribution in [3.05, 3.63) is 162 Å². The number of nitrogens with zero attached hydrogens (tertiary/aromatic N) is 1. The number of anilines is 3. The van der Waals surface area contributed by atoms with Crippen LogP contribution in [0.5, 0.6) is 0 Å². The van der Waals surface area contributed by atoms with Gasteiger partial charge in [0.15, 0.2) is 0 Å². The molecule has 0 aliphatic heterocycles. The van der Waals surface area contributed by atoms with Crippen LogP contribution in [-0.4, -0.2) is 0 Å². The van der Waals surface area contributed by atoms with E-state index in [9.17, 15) is 0 Å². The summed E-state index contributed by atoms with van der Waals surface area (Å²) >= 11 is 0. The Labute approximate surface area is 292 Å². The van der Waals surface area contributed by atoms with Crippen molar-refractivity contribution in [1.82, 2.24) is 0 Å².